The second-order valence-electron chi connectivity index (χ2n) is 6.42. The summed E-state index contributed by atoms with van der Waals surface area (Å²) in [5, 5.41) is 19.1. The van der Waals surface area contributed by atoms with Gasteiger partial charge in [-0.2, -0.15) is 0 Å². The molecule has 0 saturated heterocycles. The molecule has 1 aromatic heterocycles. The number of carboxylic acids is 1. The van der Waals surface area contributed by atoms with Crippen LogP contribution in [0.15, 0.2) is 30.3 Å². The molecule has 0 aliphatic heterocycles. The maximum atomic E-state index is 12.1. The standard InChI is InChI=1S/C17H21ClN4O3/c1-11-9-14(21-22(11)13-6-4-5-12(18)10-13)19-16(25)20-17(2,3)8-7-15(23)24/h4-6,9-10H,7-8H2,1-3H3,(H,23,24)(H2,19,20,21,25). The summed E-state index contributed by atoms with van der Waals surface area (Å²) in [4.78, 5) is 22.8. The van der Waals surface area contributed by atoms with Crippen LogP contribution in [0.1, 0.15) is 32.4 Å². The van der Waals surface area contributed by atoms with Crippen LogP contribution in [-0.2, 0) is 4.79 Å². The van der Waals surface area contributed by atoms with E-state index in [0.717, 1.165) is 11.4 Å². The Morgan fingerprint density at radius 3 is 2.68 bits per heavy atom. The van der Waals surface area contributed by atoms with Crippen molar-refractivity contribution >= 4 is 29.4 Å². The molecule has 0 unspecified atom stereocenters. The Kier molecular flexibility index (Phi) is 5.69. The number of halogens is 1. The van der Waals surface area contributed by atoms with Crippen LogP contribution in [0.5, 0.6) is 0 Å². The molecular weight excluding hydrogens is 344 g/mol. The Morgan fingerprint density at radius 1 is 1.32 bits per heavy atom. The normalized spacial score (nSPS) is 11.2. The van der Waals surface area contributed by atoms with Gasteiger partial charge in [-0.1, -0.05) is 17.7 Å². The molecule has 25 heavy (non-hydrogen) atoms. The first kappa shape index (κ1) is 18.8. The van der Waals surface area contributed by atoms with E-state index in [4.69, 9.17) is 16.7 Å². The summed E-state index contributed by atoms with van der Waals surface area (Å²) in [5.74, 6) is -0.504. The first-order valence-corrected chi connectivity index (χ1v) is 8.18. The fourth-order valence-corrected chi connectivity index (χ4v) is 2.53. The fourth-order valence-electron chi connectivity index (χ4n) is 2.34. The van der Waals surface area contributed by atoms with Crippen LogP contribution < -0.4 is 10.6 Å². The van der Waals surface area contributed by atoms with E-state index < -0.39 is 17.5 Å². The number of amides is 2. The molecule has 0 fully saturated rings. The number of anilines is 1. The van der Waals surface area contributed by atoms with Crippen molar-refractivity contribution in [3.63, 3.8) is 0 Å². The smallest absolute Gasteiger partial charge is 0.320 e. The molecule has 8 heteroatoms. The number of aromatic nitrogens is 2. The van der Waals surface area contributed by atoms with E-state index in [2.05, 4.69) is 15.7 Å². The zero-order valence-corrected chi connectivity index (χ0v) is 15.1. The summed E-state index contributed by atoms with van der Waals surface area (Å²) >= 11 is 6.00. The zero-order chi connectivity index (χ0) is 18.6. The molecule has 134 valence electrons. The number of nitrogens with one attached hydrogen (secondary N) is 2. The lowest BCUT2D eigenvalue weighted by atomic mass is 9.99. The number of urea groups is 1. The largest absolute Gasteiger partial charge is 0.481 e. The number of rotatable bonds is 6. The number of carboxylic acid groups (broad SMARTS) is 1. The van der Waals surface area contributed by atoms with Gasteiger partial charge >= 0.3 is 12.0 Å². The van der Waals surface area contributed by atoms with Crippen LogP contribution in [0.25, 0.3) is 5.69 Å². The topological polar surface area (TPSA) is 96.2 Å². The Hall–Kier alpha value is -2.54. The molecule has 0 saturated carbocycles. The molecule has 0 bridgehead atoms. The molecule has 1 heterocycles. The lowest BCUT2D eigenvalue weighted by molar-refractivity contribution is -0.137. The second kappa shape index (κ2) is 7.57. The molecule has 0 spiro atoms. The van der Waals surface area contributed by atoms with Gasteiger partial charge in [0.2, 0.25) is 0 Å². The monoisotopic (exact) mass is 364 g/mol. The Balaban J connectivity index is 2.05. The number of nitrogens with zero attached hydrogens (tertiary/aromatic N) is 2. The van der Waals surface area contributed by atoms with Gasteiger partial charge in [0.25, 0.3) is 0 Å². The predicted octanol–water partition coefficient (Wildman–Crippen LogP) is 3.60. The van der Waals surface area contributed by atoms with Crippen LogP contribution in [-0.4, -0.2) is 32.4 Å². The zero-order valence-electron chi connectivity index (χ0n) is 14.3. The van der Waals surface area contributed by atoms with Crippen LogP contribution in [0.2, 0.25) is 5.02 Å². The average molecular weight is 365 g/mol. The van der Waals surface area contributed by atoms with Gasteiger partial charge in [-0.05, 0) is 45.4 Å². The first-order chi connectivity index (χ1) is 11.7. The third kappa shape index (κ3) is 5.49. The lowest BCUT2D eigenvalue weighted by Crippen LogP contribution is -2.45. The quantitative estimate of drug-likeness (QED) is 0.729. The summed E-state index contributed by atoms with van der Waals surface area (Å²) in [5.41, 5.74) is 0.982. The van der Waals surface area contributed by atoms with E-state index in [0.29, 0.717) is 17.3 Å². The Morgan fingerprint density at radius 2 is 2.04 bits per heavy atom. The highest BCUT2D eigenvalue weighted by molar-refractivity contribution is 6.30. The SMILES string of the molecule is Cc1cc(NC(=O)NC(C)(C)CCC(=O)O)nn1-c1cccc(Cl)c1. The molecule has 2 rings (SSSR count). The molecule has 1 aromatic carbocycles. The highest BCUT2D eigenvalue weighted by Crippen LogP contribution is 2.19. The van der Waals surface area contributed by atoms with Gasteiger partial charge in [0.05, 0.1) is 5.69 Å². The van der Waals surface area contributed by atoms with Crippen molar-refractivity contribution in [3.05, 3.63) is 41.0 Å². The minimum atomic E-state index is -0.897. The van der Waals surface area contributed by atoms with Crippen molar-refractivity contribution < 1.29 is 14.7 Å². The van der Waals surface area contributed by atoms with Gasteiger partial charge in [0.1, 0.15) is 0 Å². The van der Waals surface area contributed by atoms with E-state index in [1.807, 2.05) is 19.1 Å². The van der Waals surface area contributed by atoms with Crippen molar-refractivity contribution in [1.29, 1.82) is 0 Å². The van der Waals surface area contributed by atoms with Crippen LogP contribution in [0.4, 0.5) is 10.6 Å². The number of carbonyl (C=O) groups is 2. The number of hydrogen-bond acceptors (Lipinski definition) is 3. The molecule has 0 atom stereocenters. The molecular formula is C17H21ClN4O3. The molecule has 3 N–H and O–H groups in total. The van der Waals surface area contributed by atoms with E-state index in [1.165, 1.54) is 0 Å². The van der Waals surface area contributed by atoms with Gasteiger partial charge < -0.3 is 10.4 Å². The molecule has 2 amide bonds. The fraction of sp³-hybridized carbons (Fsp3) is 0.353. The predicted molar refractivity (Wildman–Crippen MR) is 96.4 cm³/mol. The van der Waals surface area contributed by atoms with Crippen LogP contribution in [0.3, 0.4) is 0 Å². The minimum absolute atomic E-state index is 0.0181. The summed E-state index contributed by atoms with van der Waals surface area (Å²) in [6.07, 6.45) is 0.307. The van der Waals surface area contributed by atoms with E-state index in [-0.39, 0.29) is 6.42 Å². The molecule has 0 aliphatic carbocycles. The van der Waals surface area contributed by atoms with Gasteiger partial charge in [-0.25, -0.2) is 9.48 Å². The van der Waals surface area contributed by atoms with Crippen molar-refractivity contribution in [2.24, 2.45) is 0 Å². The first-order valence-electron chi connectivity index (χ1n) is 7.80. The maximum Gasteiger partial charge on any atom is 0.320 e. The highest BCUT2D eigenvalue weighted by Gasteiger charge is 2.22. The van der Waals surface area contributed by atoms with Gasteiger partial charge in [-0.15, -0.1) is 5.10 Å². The van der Waals surface area contributed by atoms with Crippen LogP contribution >= 0.6 is 11.6 Å². The minimum Gasteiger partial charge on any atom is -0.481 e. The average Bonchev–Trinajstić information content (AvgIpc) is 2.85. The summed E-state index contributed by atoms with van der Waals surface area (Å²) in [6, 6.07) is 8.54. The molecule has 0 aliphatic rings. The van der Waals surface area contributed by atoms with E-state index >= 15 is 0 Å². The van der Waals surface area contributed by atoms with Gasteiger partial charge in [0, 0.05) is 28.7 Å². The van der Waals surface area contributed by atoms with Crippen molar-refractivity contribution in [2.75, 3.05) is 5.32 Å². The summed E-state index contributed by atoms with van der Waals surface area (Å²) < 4.78 is 1.68. The maximum absolute atomic E-state index is 12.1. The molecule has 7 nitrogen and oxygen atoms in total. The number of hydrogen-bond donors (Lipinski definition) is 3. The molecule has 2 aromatic rings. The van der Waals surface area contributed by atoms with Gasteiger partial charge in [0.15, 0.2) is 5.82 Å². The second-order valence-corrected chi connectivity index (χ2v) is 6.86. The Bertz CT molecular complexity index is 786. The number of aliphatic carboxylic acids is 1. The Labute approximate surface area is 151 Å². The lowest BCUT2D eigenvalue weighted by Gasteiger charge is -2.25. The van der Waals surface area contributed by atoms with E-state index in [9.17, 15) is 9.59 Å². The van der Waals surface area contributed by atoms with Gasteiger partial charge in [-0.3, -0.25) is 10.1 Å². The van der Waals surface area contributed by atoms with Crippen molar-refractivity contribution in [2.45, 2.75) is 39.2 Å². The van der Waals surface area contributed by atoms with Crippen molar-refractivity contribution in [3.8, 4) is 5.69 Å². The third-order valence-electron chi connectivity index (χ3n) is 3.60. The molecule has 0 radical (unpaired) electrons. The number of carbonyl (C=O) groups excluding carboxylic acids is 1. The summed E-state index contributed by atoms with van der Waals surface area (Å²) in [7, 11) is 0. The number of benzene rings is 1. The third-order valence-corrected chi connectivity index (χ3v) is 3.83. The van der Waals surface area contributed by atoms with E-state index in [1.54, 1.807) is 36.7 Å². The van der Waals surface area contributed by atoms with Crippen LogP contribution in [0, 0.1) is 6.92 Å². The van der Waals surface area contributed by atoms with Crippen molar-refractivity contribution in [1.82, 2.24) is 15.1 Å². The highest BCUT2D eigenvalue weighted by atomic mass is 35.5. The summed E-state index contributed by atoms with van der Waals surface area (Å²) in [6.45, 7) is 5.41. The number of aryl methyl sites for hydroxylation is 1.